The van der Waals surface area contributed by atoms with Gasteiger partial charge in [-0.2, -0.15) is 0 Å². The molecule has 0 heterocycles. The summed E-state index contributed by atoms with van der Waals surface area (Å²) in [4.78, 5) is 32.4. The van der Waals surface area contributed by atoms with Gasteiger partial charge in [0, 0.05) is 6.42 Å². The number of terminal acetylenes is 1. The number of nitrogens with zero attached hydrogens (tertiary/aromatic N) is 1. The van der Waals surface area contributed by atoms with Gasteiger partial charge in [-0.05, 0) is 12.1 Å². The fraction of sp³-hybridized carbons (Fsp3) is 0.167. The van der Waals surface area contributed by atoms with E-state index in [0.717, 1.165) is 12.1 Å². The Labute approximate surface area is 112 Å². The van der Waals surface area contributed by atoms with E-state index < -0.39 is 39.9 Å². The van der Waals surface area contributed by atoms with Crippen LogP contribution < -0.4 is 5.32 Å². The molecule has 0 aliphatic heterocycles. The summed E-state index contributed by atoms with van der Waals surface area (Å²) in [6.07, 6.45) is 4.68. The summed E-state index contributed by atoms with van der Waals surface area (Å²) in [7, 11) is 0. The van der Waals surface area contributed by atoms with Crippen molar-refractivity contribution in [1.82, 2.24) is 5.32 Å². The van der Waals surface area contributed by atoms with E-state index >= 15 is 0 Å². The molecule has 0 saturated carbocycles. The van der Waals surface area contributed by atoms with E-state index in [-0.39, 0.29) is 6.42 Å². The molecule has 0 aromatic heterocycles. The number of nitrogens with one attached hydrogen (secondary N) is 1. The van der Waals surface area contributed by atoms with Gasteiger partial charge in [-0.25, -0.2) is 9.18 Å². The minimum absolute atomic E-state index is 0.282. The quantitative estimate of drug-likeness (QED) is 0.474. The van der Waals surface area contributed by atoms with Crippen LogP contribution in [0.3, 0.4) is 0 Å². The molecule has 1 amide bonds. The topological polar surface area (TPSA) is 110 Å². The molecule has 1 atom stereocenters. The van der Waals surface area contributed by atoms with Gasteiger partial charge in [0.1, 0.15) is 17.4 Å². The minimum atomic E-state index is -1.38. The Morgan fingerprint density at radius 3 is 2.70 bits per heavy atom. The highest BCUT2D eigenvalue weighted by atomic mass is 19.1. The first kappa shape index (κ1) is 15.1. The fourth-order valence-electron chi connectivity index (χ4n) is 1.40. The van der Waals surface area contributed by atoms with Crippen LogP contribution in [0.4, 0.5) is 10.1 Å². The summed E-state index contributed by atoms with van der Waals surface area (Å²) in [5.74, 6) is -1.21. The molecule has 0 bridgehead atoms. The van der Waals surface area contributed by atoms with E-state index in [0.29, 0.717) is 6.07 Å². The minimum Gasteiger partial charge on any atom is -0.480 e. The van der Waals surface area contributed by atoms with E-state index in [4.69, 9.17) is 11.5 Å². The Hall–Kier alpha value is -2.95. The third-order valence-corrected chi connectivity index (χ3v) is 2.33. The van der Waals surface area contributed by atoms with Gasteiger partial charge in [-0.3, -0.25) is 14.9 Å². The van der Waals surface area contributed by atoms with Crippen molar-refractivity contribution in [2.75, 3.05) is 0 Å². The van der Waals surface area contributed by atoms with Gasteiger partial charge in [0.05, 0.1) is 11.0 Å². The average Bonchev–Trinajstić information content (AvgIpc) is 2.37. The van der Waals surface area contributed by atoms with Gasteiger partial charge in [0.2, 0.25) is 0 Å². The number of nitro benzene ring substituents is 1. The van der Waals surface area contributed by atoms with E-state index in [1.165, 1.54) is 0 Å². The molecule has 0 aliphatic rings. The molecule has 0 fully saturated rings. The number of hydrogen-bond donors (Lipinski definition) is 2. The average molecular weight is 280 g/mol. The Kier molecular flexibility index (Phi) is 4.75. The molecule has 0 radical (unpaired) electrons. The number of nitro groups is 1. The Morgan fingerprint density at radius 2 is 2.20 bits per heavy atom. The SMILES string of the molecule is C#CCC(NC(=O)c1ccc(F)cc1[N+](=O)[O-])C(=O)O. The van der Waals surface area contributed by atoms with Crippen LogP contribution in [-0.2, 0) is 4.79 Å². The molecule has 0 spiro atoms. The smallest absolute Gasteiger partial charge is 0.327 e. The lowest BCUT2D eigenvalue weighted by molar-refractivity contribution is -0.385. The summed E-state index contributed by atoms with van der Waals surface area (Å²) in [5, 5.41) is 21.6. The van der Waals surface area contributed by atoms with Gasteiger partial charge < -0.3 is 10.4 Å². The van der Waals surface area contributed by atoms with Gasteiger partial charge in [0.25, 0.3) is 11.6 Å². The van der Waals surface area contributed by atoms with Crippen LogP contribution in [-0.4, -0.2) is 27.9 Å². The molecule has 1 rings (SSSR count). The first-order valence-electron chi connectivity index (χ1n) is 5.28. The summed E-state index contributed by atoms with van der Waals surface area (Å²) in [6.45, 7) is 0. The van der Waals surface area contributed by atoms with Crippen molar-refractivity contribution < 1.29 is 24.0 Å². The predicted octanol–water partition coefficient (Wildman–Crippen LogP) is 0.940. The van der Waals surface area contributed by atoms with Gasteiger partial charge in [-0.1, -0.05) is 0 Å². The zero-order chi connectivity index (χ0) is 15.3. The number of aliphatic carboxylic acids is 1. The lowest BCUT2D eigenvalue weighted by Crippen LogP contribution is -2.40. The molecule has 0 aliphatic carbocycles. The molecule has 2 N–H and O–H groups in total. The maximum Gasteiger partial charge on any atom is 0.327 e. The summed E-state index contributed by atoms with van der Waals surface area (Å²) in [6, 6.07) is 0.958. The zero-order valence-electron chi connectivity index (χ0n) is 10.00. The maximum absolute atomic E-state index is 12.9. The Balaban J connectivity index is 3.06. The van der Waals surface area contributed by atoms with Crippen molar-refractivity contribution in [2.45, 2.75) is 12.5 Å². The van der Waals surface area contributed by atoms with Crippen LogP contribution in [0.25, 0.3) is 0 Å². The van der Waals surface area contributed by atoms with Crippen LogP contribution in [0.15, 0.2) is 18.2 Å². The monoisotopic (exact) mass is 280 g/mol. The van der Waals surface area contributed by atoms with Crippen molar-refractivity contribution in [3.63, 3.8) is 0 Å². The molecular weight excluding hydrogens is 271 g/mol. The van der Waals surface area contributed by atoms with Gasteiger partial charge in [0.15, 0.2) is 0 Å². The largest absolute Gasteiger partial charge is 0.480 e. The lowest BCUT2D eigenvalue weighted by atomic mass is 10.1. The molecule has 8 heteroatoms. The van der Waals surface area contributed by atoms with Crippen LogP contribution in [0.2, 0.25) is 0 Å². The van der Waals surface area contributed by atoms with Crippen molar-refractivity contribution in [2.24, 2.45) is 0 Å². The first-order chi connectivity index (χ1) is 9.36. The Bertz CT molecular complexity index is 608. The lowest BCUT2D eigenvalue weighted by Gasteiger charge is -2.11. The van der Waals surface area contributed by atoms with Crippen LogP contribution in [0.1, 0.15) is 16.8 Å². The van der Waals surface area contributed by atoms with E-state index in [2.05, 4.69) is 5.92 Å². The van der Waals surface area contributed by atoms with Crippen molar-refractivity contribution in [1.29, 1.82) is 0 Å². The summed E-state index contributed by atoms with van der Waals surface area (Å²) in [5.41, 5.74) is -1.20. The van der Waals surface area contributed by atoms with Gasteiger partial charge >= 0.3 is 5.97 Å². The number of halogens is 1. The van der Waals surface area contributed by atoms with Crippen molar-refractivity contribution >= 4 is 17.6 Å². The molecule has 20 heavy (non-hydrogen) atoms. The number of hydrogen-bond acceptors (Lipinski definition) is 4. The highest BCUT2D eigenvalue weighted by Gasteiger charge is 2.25. The number of amides is 1. The summed E-state index contributed by atoms with van der Waals surface area (Å²) < 4.78 is 12.9. The van der Waals surface area contributed by atoms with Crippen LogP contribution in [0, 0.1) is 28.3 Å². The maximum atomic E-state index is 12.9. The molecule has 1 unspecified atom stereocenters. The van der Waals surface area contributed by atoms with E-state index in [1.807, 2.05) is 5.32 Å². The fourth-order valence-corrected chi connectivity index (χ4v) is 1.40. The molecule has 1 aromatic carbocycles. The second kappa shape index (κ2) is 6.29. The van der Waals surface area contributed by atoms with E-state index in [1.54, 1.807) is 0 Å². The normalized spacial score (nSPS) is 11.2. The molecule has 0 saturated heterocycles. The Morgan fingerprint density at radius 1 is 1.55 bits per heavy atom. The molecule has 1 aromatic rings. The molecular formula is C12H9FN2O5. The summed E-state index contributed by atoms with van der Waals surface area (Å²) >= 11 is 0. The number of carboxylic acids is 1. The number of rotatable bonds is 5. The third kappa shape index (κ3) is 3.52. The second-order valence-electron chi connectivity index (χ2n) is 3.69. The highest BCUT2D eigenvalue weighted by Crippen LogP contribution is 2.19. The third-order valence-electron chi connectivity index (χ3n) is 2.33. The number of benzene rings is 1. The molecule has 104 valence electrons. The van der Waals surface area contributed by atoms with Gasteiger partial charge in [-0.15, -0.1) is 12.3 Å². The number of carbonyl (C=O) groups excluding carboxylic acids is 1. The standard InChI is InChI=1S/C12H9FN2O5/c1-2-3-9(12(17)18)14-11(16)8-5-4-7(13)6-10(8)15(19)20/h1,4-6,9H,3H2,(H,14,16)(H,17,18). The number of carbonyl (C=O) groups is 2. The molecule has 7 nitrogen and oxygen atoms in total. The second-order valence-corrected chi connectivity index (χ2v) is 3.69. The van der Waals surface area contributed by atoms with E-state index in [9.17, 15) is 24.1 Å². The highest BCUT2D eigenvalue weighted by molar-refractivity contribution is 6.00. The predicted molar refractivity (Wildman–Crippen MR) is 65.4 cm³/mol. The number of carboxylic acid groups (broad SMARTS) is 1. The van der Waals surface area contributed by atoms with Crippen molar-refractivity contribution in [3.05, 3.63) is 39.7 Å². The van der Waals surface area contributed by atoms with Crippen molar-refractivity contribution in [3.8, 4) is 12.3 Å². The van der Waals surface area contributed by atoms with Crippen LogP contribution in [0.5, 0.6) is 0 Å². The zero-order valence-corrected chi connectivity index (χ0v) is 10.00. The van der Waals surface area contributed by atoms with Crippen LogP contribution >= 0.6 is 0 Å². The first-order valence-corrected chi connectivity index (χ1v) is 5.28.